The topological polar surface area (TPSA) is 70.0 Å². The molecule has 1 fully saturated rings. The summed E-state index contributed by atoms with van der Waals surface area (Å²) in [5.74, 6) is -0.935. The number of aryl methyl sites for hydroxylation is 1. The minimum Gasteiger partial charge on any atom is -0.478 e. The number of rotatable bonds is 3. The third kappa shape index (κ3) is 3.05. The van der Waals surface area contributed by atoms with Crippen molar-refractivity contribution < 1.29 is 19.7 Å². The molecule has 0 amide bonds. The Balaban J connectivity index is 2.34. The van der Waals surface area contributed by atoms with Crippen LogP contribution in [0.3, 0.4) is 0 Å². The minimum atomic E-state index is -0.935. The Morgan fingerprint density at radius 2 is 2.21 bits per heavy atom. The second kappa shape index (κ2) is 5.59. The third-order valence-electron chi connectivity index (χ3n) is 3.25. The van der Waals surface area contributed by atoms with Gasteiger partial charge in [0.25, 0.3) is 0 Å². The quantitative estimate of drug-likeness (QED) is 0.861. The van der Waals surface area contributed by atoms with Crippen LogP contribution in [0, 0.1) is 6.92 Å². The van der Waals surface area contributed by atoms with E-state index in [2.05, 4.69) is 0 Å². The number of carboxylic acids is 1. The van der Waals surface area contributed by atoms with Crippen molar-refractivity contribution in [3.63, 3.8) is 0 Å². The van der Waals surface area contributed by atoms with Crippen LogP contribution in [0.1, 0.15) is 22.8 Å². The normalized spacial score (nSPS) is 23.4. The number of nitrogens with zero attached hydrogens (tertiary/aromatic N) is 1. The van der Waals surface area contributed by atoms with E-state index in [-0.39, 0.29) is 24.4 Å². The highest BCUT2D eigenvalue weighted by molar-refractivity contribution is 5.94. The van der Waals surface area contributed by atoms with Gasteiger partial charge in [-0.1, -0.05) is 6.07 Å². The standard InChI is InChI=1S/C14H19NO4/c1-9-3-4-12(14(17)18)13(5-9)15-6-10(2)19-11(7-15)8-16/h3-5,10-11,16H,6-8H2,1-2H3,(H,17,18). The molecule has 2 unspecified atom stereocenters. The number of ether oxygens (including phenoxy) is 1. The van der Waals surface area contributed by atoms with Crippen LogP contribution in [-0.2, 0) is 4.74 Å². The van der Waals surface area contributed by atoms with Crippen molar-refractivity contribution >= 4 is 11.7 Å². The summed E-state index contributed by atoms with van der Waals surface area (Å²) < 4.78 is 5.58. The van der Waals surface area contributed by atoms with Crippen molar-refractivity contribution in [3.05, 3.63) is 29.3 Å². The van der Waals surface area contributed by atoms with E-state index in [4.69, 9.17) is 4.74 Å². The van der Waals surface area contributed by atoms with E-state index in [0.717, 1.165) is 5.56 Å². The molecule has 0 radical (unpaired) electrons. The van der Waals surface area contributed by atoms with Gasteiger partial charge in [-0.3, -0.25) is 0 Å². The Hall–Kier alpha value is -1.59. The van der Waals surface area contributed by atoms with Crippen LogP contribution in [-0.4, -0.2) is 48.1 Å². The second-order valence-corrected chi connectivity index (χ2v) is 4.98. The zero-order valence-electron chi connectivity index (χ0n) is 11.2. The Morgan fingerprint density at radius 1 is 1.47 bits per heavy atom. The van der Waals surface area contributed by atoms with Crippen molar-refractivity contribution in [3.8, 4) is 0 Å². The van der Waals surface area contributed by atoms with Gasteiger partial charge < -0.3 is 19.8 Å². The Labute approximate surface area is 112 Å². The molecule has 0 aromatic heterocycles. The first kappa shape index (κ1) is 13.8. The number of carboxylic acid groups (broad SMARTS) is 1. The molecule has 19 heavy (non-hydrogen) atoms. The van der Waals surface area contributed by atoms with Gasteiger partial charge in [-0.25, -0.2) is 4.79 Å². The molecule has 5 nitrogen and oxygen atoms in total. The smallest absolute Gasteiger partial charge is 0.337 e. The number of hydrogen-bond donors (Lipinski definition) is 2. The summed E-state index contributed by atoms with van der Waals surface area (Å²) in [5, 5.41) is 18.5. The minimum absolute atomic E-state index is 0.0342. The van der Waals surface area contributed by atoms with Crippen molar-refractivity contribution in [2.24, 2.45) is 0 Å². The van der Waals surface area contributed by atoms with E-state index in [9.17, 15) is 15.0 Å². The maximum absolute atomic E-state index is 11.3. The molecule has 1 aliphatic heterocycles. The summed E-state index contributed by atoms with van der Waals surface area (Å²) in [6, 6.07) is 5.29. The number of aliphatic hydroxyl groups excluding tert-OH is 1. The summed E-state index contributed by atoms with van der Waals surface area (Å²) >= 11 is 0. The van der Waals surface area contributed by atoms with E-state index in [0.29, 0.717) is 18.8 Å². The predicted molar refractivity (Wildman–Crippen MR) is 71.8 cm³/mol. The predicted octanol–water partition coefficient (Wildman–Crippen LogP) is 1.28. The Kier molecular flexibility index (Phi) is 4.07. The van der Waals surface area contributed by atoms with E-state index in [1.165, 1.54) is 0 Å². The number of carbonyl (C=O) groups is 1. The number of aromatic carboxylic acids is 1. The number of benzene rings is 1. The van der Waals surface area contributed by atoms with Crippen molar-refractivity contribution in [1.82, 2.24) is 0 Å². The van der Waals surface area contributed by atoms with Crippen LogP contribution in [0.25, 0.3) is 0 Å². The second-order valence-electron chi connectivity index (χ2n) is 4.98. The van der Waals surface area contributed by atoms with Gasteiger partial charge in [0, 0.05) is 13.1 Å². The molecular formula is C14H19NO4. The Bertz CT molecular complexity index is 475. The molecule has 1 aromatic rings. The van der Waals surface area contributed by atoms with Gasteiger partial charge in [-0.2, -0.15) is 0 Å². The van der Waals surface area contributed by atoms with E-state index >= 15 is 0 Å². The average Bonchev–Trinajstić information content (AvgIpc) is 2.37. The molecule has 1 saturated heterocycles. The Morgan fingerprint density at radius 3 is 2.84 bits per heavy atom. The lowest BCUT2D eigenvalue weighted by Crippen LogP contribution is -2.48. The maximum Gasteiger partial charge on any atom is 0.337 e. The molecule has 0 saturated carbocycles. The van der Waals surface area contributed by atoms with Gasteiger partial charge in [0.15, 0.2) is 0 Å². The lowest BCUT2D eigenvalue weighted by molar-refractivity contribution is -0.0421. The van der Waals surface area contributed by atoms with Crippen molar-refractivity contribution in [2.75, 3.05) is 24.6 Å². The van der Waals surface area contributed by atoms with Crippen LogP contribution in [0.15, 0.2) is 18.2 Å². The molecule has 5 heteroatoms. The molecule has 1 aliphatic rings. The average molecular weight is 265 g/mol. The molecule has 0 bridgehead atoms. The number of aliphatic hydroxyl groups is 1. The van der Waals surface area contributed by atoms with Crippen LogP contribution < -0.4 is 4.90 Å². The van der Waals surface area contributed by atoms with Gasteiger partial charge in [0.1, 0.15) is 0 Å². The van der Waals surface area contributed by atoms with Gasteiger partial charge in [0.05, 0.1) is 30.1 Å². The fraction of sp³-hybridized carbons (Fsp3) is 0.500. The van der Waals surface area contributed by atoms with Gasteiger partial charge in [0.2, 0.25) is 0 Å². The van der Waals surface area contributed by atoms with E-state index in [1.807, 2.05) is 24.8 Å². The summed E-state index contributed by atoms with van der Waals surface area (Å²) in [5.41, 5.74) is 2.00. The monoisotopic (exact) mass is 265 g/mol. The first-order chi connectivity index (χ1) is 9.01. The fourth-order valence-corrected chi connectivity index (χ4v) is 2.43. The number of anilines is 1. The lowest BCUT2D eigenvalue weighted by Gasteiger charge is -2.38. The molecule has 104 valence electrons. The molecule has 1 heterocycles. The molecule has 0 aliphatic carbocycles. The fourth-order valence-electron chi connectivity index (χ4n) is 2.43. The first-order valence-corrected chi connectivity index (χ1v) is 6.36. The zero-order chi connectivity index (χ0) is 14.0. The highest BCUT2D eigenvalue weighted by Gasteiger charge is 2.27. The lowest BCUT2D eigenvalue weighted by atomic mass is 10.1. The highest BCUT2D eigenvalue weighted by Crippen LogP contribution is 2.26. The van der Waals surface area contributed by atoms with Gasteiger partial charge >= 0.3 is 5.97 Å². The summed E-state index contributed by atoms with van der Waals surface area (Å²) in [6.07, 6.45) is -0.307. The van der Waals surface area contributed by atoms with Crippen LogP contribution in [0.5, 0.6) is 0 Å². The van der Waals surface area contributed by atoms with Crippen LogP contribution in [0.2, 0.25) is 0 Å². The SMILES string of the molecule is Cc1ccc(C(=O)O)c(N2CC(C)OC(CO)C2)c1. The van der Waals surface area contributed by atoms with E-state index in [1.54, 1.807) is 12.1 Å². The van der Waals surface area contributed by atoms with Crippen LogP contribution >= 0.6 is 0 Å². The molecule has 0 spiro atoms. The number of hydrogen-bond acceptors (Lipinski definition) is 4. The van der Waals surface area contributed by atoms with Gasteiger partial charge in [-0.05, 0) is 31.5 Å². The first-order valence-electron chi connectivity index (χ1n) is 6.36. The molecule has 2 rings (SSSR count). The van der Waals surface area contributed by atoms with Crippen molar-refractivity contribution in [1.29, 1.82) is 0 Å². The summed E-state index contributed by atoms with van der Waals surface area (Å²) in [6.45, 7) is 4.92. The van der Waals surface area contributed by atoms with Crippen LogP contribution in [0.4, 0.5) is 5.69 Å². The molecular weight excluding hydrogens is 246 g/mol. The molecule has 1 aromatic carbocycles. The zero-order valence-corrected chi connectivity index (χ0v) is 11.2. The molecule has 2 N–H and O–H groups in total. The van der Waals surface area contributed by atoms with Gasteiger partial charge in [-0.15, -0.1) is 0 Å². The van der Waals surface area contributed by atoms with E-state index < -0.39 is 5.97 Å². The summed E-state index contributed by atoms with van der Waals surface area (Å²) in [4.78, 5) is 13.3. The highest BCUT2D eigenvalue weighted by atomic mass is 16.5. The maximum atomic E-state index is 11.3. The van der Waals surface area contributed by atoms with Crippen molar-refractivity contribution in [2.45, 2.75) is 26.1 Å². The number of morpholine rings is 1. The third-order valence-corrected chi connectivity index (χ3v) is 3.25. The largest absolute Gasteiger partial charge is 0.478 e. The summed E-state index contributed by atoms with van der Waals surface area (Å²) in [7, 11) is 0. The molecule has 2 atom stereocenters.